The Balaban J connectivity index is 1.83. The number of halogens is 6. The normalized spacial score (nSPS) is 12.9. The van der Waals surface area contributed by atoms with Gasteiger partial charge in [0.1, 0.15) is 18.3 Å². The van der Waals surface area contributed by atoms with Crippen LogP contribution in [0.2, 0.25) is 0 Å². The van der Waals surface area contributed by atoms with Gasteiger partial charge in [-0.1, -0.05) is 43.2 Å². The summed E-state index contributed by atoms with van der Waals surface area (Å²) in [6.45, 7) is 3.94. The van der Waals surface area contributed by atoms with Crippen molar-refractivity contribution in [1.29, 1.82) is 0 Å². The van der Waals surface area contributed by atoms with Gasteiger partial charge in [0.2, 0.25) is 0 Å². The molecule has 3 aromatic rings. The zero-order valence-electron chi connectivity index (χ0n) is 23.9. The molecule has 3 rings (SSSR count). The number of hydrogen-bond donors (Lipinski definition) is 0. The van der Waals surface area contributed by atoms with Crippen LogP contribution < -0.4 is 4.74 Å². The number of alkyl halides is 6. The second-order valence-electron chi connectivity index (χ2n) is 9.83. The fraction of sp³-hybridized carbons (Fsp3) is 0.400. The molecule has 0 heterocycles. The Bertz CT molecular complexity index is 1470. The molecule has 43 heavy (non-hydrogen) atoms. The number of hydrogen-bond acceptors (Lipinski definition) is 6. The summed E-state index contributed by atoms with van der Waals surface area (Å²) in [5, 5.41) is 0. The van der Waals surface area contributed by atoms with E-state index < -0.39 is 40.4 Å². The Morgan fingerprint density at radius 3 is 2.00 bits per heavy atom. The number of benzene rings is 3. The van der Waals surface area contributed by atoms with Crippen LogP contribution in [0.5, 0.6) is 11.5 Å². The van der Waals surface area contributed by atoms with Crippen molar-refractivity contribution in [3.63, 3.8) is 0 Å². The van der Waals surface area contributed by atoms with Crippen LogP contribution in [0.4, 0.5) is 26.3 Å². The van der Waals surface area contributed by atoms with Crippen LogP contribution >= 0.6 is 0 Å². The Labute approximate surface area is 246 Å². The Morgan fingerprint density at radius 1 is 0.791 bits per heavy atom. The van der Waals surface area contributed by atoms with Crippen molar-refractivity contribution in [2.75, 3.05) is 20.5 Å². The summed E-state index contributed by atoms with van der Waals surface area (Å²) in [5.41, 5.74) is -3.26. The summed E-state index contributed by atoms with van der Waals surface area (Å²) < 4.78 is 129. The van der Waals surface area contributed by atoms with Crippen LogP contribution in [0.25, 0.3) is 0 Å². The van der Waals surface area contributed by atoms with E-state index in [2.05, 4.69) is 9.47 Å². The highest BCUT2D eigenvalue weighted by Gasteiger charge is 2.73. The van der Waals surface area contributed by atoms with E-state index in [1.165, 1.54) is 12.1 Å². The molecule has 0 bridgehead atoms. The van der Waals surface area contributed by atoms with E-state index in [4.69, 9.17) is 8.92 Å². The second-order valence-corrected chi connectivity index (χ2v) is 11.4. The maximum Gasteiger partial charge on any atom is 0.430 e. The van der Waals surface area contributed by atoms with Crippen molar-refractivity contribution in [2.24, 2.45) is 0 Å². The first-order valence-electron chi connectivity index (χ1n) is 13.2. The summed E-state index contributed by atoms with van der Waals surface area (Å²) in [4.78, 5) is 0.0421. The molecule has 0 aliphatic heterocycles. The van der Waals surface area contributed by atoms with Crippen molar-refractivity contribution >= 4 is 10.1 Å². The molecule has 13 heteroatoms. The van der Waals surface area contributed by atoms with Gasteiger partial charge in [-0.25, -0.2) is 0 Å². The molecule has 0 aromatic heterocycles. The molecular weight excluding hydrogens is 602 g/mol. The van der Waals surface area contributed by atoms with Crippen molar-refractivity contribution in [3.8, 4) is 11.5 Å². The summed E-state index contributed by atoms with van der Waals surface area (Å²) in [5.74, 6) is 0.364. The van der Waals surface area contributed by atoms with Gasteiger partial charge in [0.05, 0.1) is 11.5 Å². The first kappa shape index (κ1) is 34.4. The van der Waals surface area contributed by atoms with E-state index in [0.717, 1.165) is 30.4 Å². The van der Waals surface area contributed by atoms with Gasteiger partial charge in [-0.2, -0.15) is 34.8 Å². The minimum Gasteiger partial charge on any atom is -0.457 e. The van der Waals surface area contributed by atoms with E-state index >= 15 is 0 Å². The van der Waals surface area contributed by atoms with Crippen molar-refractivity contribution < 1.29 is 53.2 Å². The van der Waals surface area contributed by atoms with Crippen LogP contribution in [-0.2, 0) is 42.2 Å². The highest BCUT2D eigenvalue weighted by Crippen LogP contribution is 2.53. The van der Waals surface area contributed by atoms with Gasteiger partial charge in [0, 0.05) is 12.7 Å². The fourth-order valence-corrected chi connectivity index (χ4v) is 5.33. The lowest BCUT2D eigenvalue weighted by atomic mass is 9.89. The molecule has 0 N–H and O–H groups in total. The molecule has 0 saturated carbocycles. The summed E-state index contributed by atoms with van der Waals surface area (Å²) in [6, 6.07) is 13.6. The van der Waals surface area contributed by atoms with Gasteiger partial charge < -0.3 is 14.2 Å². The molecule has 0 fully saturated rings. The van der Waals surface area contributed by atoms with E-state index in [1.807, 2.05) is 6.92 Å². The van der Waals surface area contributed by atoms with Crippen LogP contribution in [-0.4, -0.2) is 41.3 Å². The van der Waals surface area contributed by atoms with Gasteiger partial charge in [0.25, 0.3) is 15.7 Å². The van der Waals surface area contributed by atoms with Gasteiger partial charge in [-0.3, -0.25) is 4.18 Å². The van der Waals surface area contributed by atoms with Crippen molar-refractivity contribution in [3.05, 3.63) is 88.5 Å². The molecular formula is C30H32F6O6S. The molecule has 0 aliphatic carbocycles. The average Bonchev–Trinajstić information content (AvgIpc) is 2.90. The maximum absolute atomic E-state index is 14.0. The van der Waals surface area contributed by atoms with E-state index in [0.29, 0.717) is 18.1 Å². The maximum atomic E-state index is 14.0. The number of aryl methyl sites for hydroxylation is 3. The minimum atomic E-state index is -5.84. The third-order valence-corrected chi connectivity index (χ3v) is 7.97. The van der Waals surface area contributed by atoms with Gasteiger partial charge in [0.15, 0.2) is 0 Å². The SMILES string of the molecule is CCCc1cc(C(OCOC)(C(F)(F)F)C(F)(F)F)ccc1Oc1ccc(CCOS(=O)(=O)c2ccc(C)cc2)c(C)c1. The molecule has 0 unspecified atom stereocenters. The first-order valence-corrected chi connectivity index (χ1v) is 14.6. The predicted octanol–water partition coefficient (Wildman–Crippen LogP) is 7.94. The molecule has 3 aromatic carbocycles. The third kappa shape index (κ3) is 7.88. The van der Waals surface area contributed by atoms with E-state index in [-0.39, 0.29) is 41.4 Å². The fourth-order valence-electron chi connectivity index (χ4n) is 4.42. The molecule has 0 aliphatic rings. The predicted molar refractivity (Wildman–Crippen MR) is 146 cm³/mol. The summed E-state index contributed by atoms with van der Waals surface area (Å²) in [6.07, 6.45) is -10.9. The minimum absolute atomic E-state index is 0.0421. The van der Waals surface area contributed by atoms with Gasteiger partial charge >= 0.3 is 12.4 Å². The summed E-state index contributed by atoms with van der Waals surface area (Å²) >= 11 is 0. The third-order valence-electron chi connectivity index (χ3n) is 6.64. The van der Waals surface area contributed by atoms with Crippen LogP contribution in [0.1, 0.15) is 41.2 Å². The van der Waals surface area contributed by atoms with Gasteiger partial charge in [-0.05, 0) is 79.8 Å². The Morgan fingerprint density at radius 2 is 1.44 bits per heavy atom. The molecule has 0 spiro atoms. The lowest BCUT2D eigenvalue weighted by molar-refractivity contribution is -0.400. The topological polar surface area (TPSA) is 71.1 Å². The lowest BCUT2D eigenvalue weighted by Gasteiger charge is -2.37. The molecule has 236 valence electrons. The van der Waals surface area contributed by atoms with Crippen molar-refractivity contribution in [1.82, 2.24) is 0 Å². The number of rotatable bonds is 13. The average molecular weight is 635 g/mol. The zero-order chi connectivity index (χ0) is 32.1. The van der Waals surface area contributed by atoms with Crippen LogP contribution in [0, 0.1) is 13.8 Å². The van der Waals surface area contributed by atoms with E-state index in [1.54, 1.807) is 44.2 Å². The van der Waals surface area contributed by atoms with Gasteiger partial charge in [-0.15, -0.1) is 0 Å². The largest absolute Gasteiger partial charge is 0.457 e. The standard InChI is InChI=1S/C30H32F6O6S/c1-5-6-23-18-24(28(29(31,32)33,30(34,35)36)40-19-39-4)10-14-27(23)42-25-11-9-22(21(3)17-25)15-16-41-43(37,38)26-12-7-20(2)8-13-26/h7-14,17-18H,5-6,15-16,19H2,1-4H3. The quantitative estimate of drug-likeness (QED) is 0.108. The highest BCUT2D eigenvalue weighted by atomic mass is 32.2. The van der Waals surface area contributed by atoms with Crippen LogP contribution in [0.15, 0.2) is 65.6 Å². The Kier molecular flexibility index (Phi) is 10.9. The first-order chi connectivity index (χ1) is 20.1. The molecule has 0 radical (unpaired) electrons. The smallest absolute Gasteiger partial charge is 0.430 e. The van der Waals surface area contributed by atoms with Crippen molar-refractivity contribution in [2.45, 2.75) is 62.9 Å². The monoisotopic (exact) mass is 634 g/mol. The molecule has 0 amide bonds. The molecule has 6 nitrogen and oxygen atoms in total. The summed E-state index contributed by atoms with van der Waals surface area (Å²) in [7, 11) is -3.02. The van der Waals surface area contributed by atoms with E-state index in [9.17, 15) is 34.8 Å². The number of methoxy groups -OCH3 is 1. The second kappa shape index (κ2) is 13.7. The van der Waals surface area contributed by atoms with Crippen LogP contribution in [0.3, 0.4) is 0 Å². The lowest BCUT2D eigenvalue weighted by Crippen LogP contribution is -2.56. The molecule has 0 saturated heterocycles. The number of ether oxygens (including phenoxy) is 3. The zero-order valence-corrected chi connectivity index (χ0v) is 24.8. The Hall–Kier alpha value is -3.13. The molecule has 0 atom stereocenters. The highest BCUT2D eigenvalue weighted by molar-refractivity contribution is 7.86.